The van der Waals surface area contributed by atoms with Crippen LogP contribution in [0.25, 0.3) is 0 Å². The van der Waals surface area contributed by atoms with Crippen LogP contribution in [0, 0.1) is 12.8 Å². The monoisotopic (exact) mass is 469 g/mol. The Hall–Kier alpha value is -1.57. The zero-order valence-electron chi connectivity index (χ0n) is 16.3. The predicted octanol–water partition coefficient (Wildman–Crippen LogP) is 3.96. The quantitative estimate of drug-likeness (QED) is 0.350. The first-order chi connectivity index (χ1) is 12.2. The fourth-order valence-electron chi connectivity index (χ4n) is 2.83. The summed E-state index contributed by atoms with van der Waals surface area (Å²) in [7, 11) is 1.82. The van der Waals surface area contributed by atoms with E-state index in [4.69, 9.17) is 0 Å². The summed E-state index contributed by atoms with van der Waals surface area (Å²) in [4.78, 5) is 8.60. The van der Waals surface area contributed by atoms with Crippen molar-refractivity contribution in [1.29, 1.82) is 0 Å². The lowest BCUT2D eigenvalue weighted by Crippen LogP contribution is -2.39. The Morgan fingerprint density at radius 2 is 1.92 bits per heavy atom. The fraction of sp³-hybridized carbons (Fsp3) is 0.500. The zero-order valence-corrected chi connectivity index (χ0v) is 18.7. The average molecular weight is 469 g/mol. The summed E-state index contributed by atoms with van der Waals surface area (Å²) in [5.74, 6) is 2.59. The lowest BCUT2D eigenvalue weighted by Gasteiger charge is -2.17. The van der Waals surface area contributed by atoms with Crippen molar-refractivity contribution < 1.29 is 0 Å². The van der Waals surface area contributed by atoms with E-state index >= 15 is 0 Å². The van der Waals surface area contributed by atoms with Crippen LogP contribution in [0.2, 0.25) is 0 Å². The lowest BCUT2D eigenvalue weighted by molar-refractivity contribution is 0.481. The molecule has 1 aromatic carbocycles. The van der Waals surface area contributed by atoms with Crippen molar-refractivity contribution in [2.75, 3.05) is 13.6 Å². The number of guanidine groups is 1. The predicted molar refractivity (Wildman–Crippen MR) is 120 cm³/mol. The molecule has 2 rings (SSSR count). The molecule has 0 spiro atoms. The van der Waals surface area contributed by atoms with Gasteiger partial charge in [-0.2, -0.15) is 0 Å². The average Bonchev–Trinajstić information content (AvgIpc) is 3.03. The molecule has 0 bridgehead atoms. The molecule has 1 aromatic heterocycles. The second kappa shape index (κ2) is 11.9. The van der Waals surface area contributed by atoms with E-state index in [-0.39, 0.29) is 24.0 Å². The first kappa shape index (κ1) is 22.5. The Morgan fingerprint density at radius 1 is 1.19 bits per heavy atom. The molecule has 6 heteroatoms. The Morgan fingerprint density at radius 3 is 2.54 bits per heavy atom. The van der Waals surface area contributed by atoms with Crippen LogP contribution in [0.15, 0.2) is 41.7 Å². The minimum Gasteiger partial charge on any atom is -0.356 e. The van der Waals surface area contributed by atoms with E-state index < -0.39 is 0 Å². The molecule has 0 saturated heterocycles. The number of nitrogens with one attached hydrogen (secondary N) is 2. The van der Waals surface area contributed by atoms with Crippen LogP contribution in [-0.2, 0) is 13.1 Å². The van der Waals surface area contributed by atoms with Crippen LogP contribution in [0.3, 0.4) is 0 Å². The van der Waals surface area contributed by atoms with Crippen LogP contribution >= 0.6 is 24.0 Å². The van der Waals surface area contributed by atoms with Crippen LogP contribution in [0.5, 0.6) is 0 Å². The van der Waals surface area contributed by atoms with Gasteiger partial charge in [0, 0.05) is 39.1 Å². The molecule has 2 aromatic rings. The van der Waals surface area contributed by atoms with Crippen molar-refractivity contribution in [3.8, 4) is 0 Å². The van der Waals surface area contributed by atoms with Crippen molar-refractivity contribution in [3.63, 3.8) is 0 Å². The van der Waals surface area contributed by atoms with Crippen molar-refractivity contribution >= 4 is 29.9 Å². The van der Waals surface area contributed by atoms with Gasteiger partial charge in [0.2, 0.25) is 0 Å². The maximum atomic E-state index is 4.32. The second-order valence-electron chi connectivity index (χ2n) is 6.41. The van der Waals surface area contributed by atoms with Crippen LogP contribution in [0.4, 0.5) is 0 Å². The van der Waals surface area contributed by atoms with Crippen LogP contribution in [-0.4, -0.2) is 29.1 Å². The Kier molecular flexibility index (Phi) is 10.3. The summed E-state index contributed by atoms with van der Waals surface area (Å²) >= 11 is 0. The minimum atomic E-state index is 0. The van der Waals surface area contributed by atoms with E-state index in [9.17, 15) is 0 Å². The molecule has 26 heavy (non-hydrogen) atoms. The number of hydrogen-bond acceptors (Lipinski definition) is 2. The van der Waals surface area contributed by atoms with Gasteiger partial charge in [0.05, 0.1) is 0 Å². The molecule has 0 amide bonds. The van der Waals surface area contributed by atoms with Gasteiger partial charge in [0.15, 0.2) is 5.96 Å². The lowest BCUT2D eigenvalue weighted by atomic mass is 10.0. The van der Waals surface area contributed by atoms with E-state index in [1.807, 2.05) is 26.4 Å². The number of halogens is 1. The number of benzene rings is 1. The first-order valence-electron chi connectivity index (χ1n) is 9.16. The number of aliphatic imine (C=N–C) groups is 1. The molecule has 5 nitrogen and oxygen atoms in total. The SMILES string of the molecule is CCC(CC)CNC(=NC)NCc1cccc(Cn2ccnc2C)c1.I. The highest BCUT2D eigenvalue weighted by molar-refractivity contribution is 14.0. The van der Waals surface area contributed by atoms with Gasteiger partial charge in [-0.05, 0) is 24.0 Å². The van der Waals surface area contributed by atoms with E-state index in [2.05, 4.69) is 63.3 Å². The van der Waals surface area contributed by atoms with Crippen molar-refractivity contribution in [1.82, 2.24) is 20.2 Å². The van der Waals surface area contributed by atoms with Crippen LogP contribution < -0.4 is 10.6 Å². The van der Waals surface area contributed by atoms with E-state index in [1.165, 1.54) is 24.0 Å². The van der Waals surface area contributed by atoms with Gasteiger partial charge in [0.25, 0.3) is 0 Å². The van der Waals surface area contributed by atoms with Gasteiger partial charge >= 0.3 is 0 Å². The van der Waals surface area contributed by atoms with Crippen molar-refractivity contribution in [3.05, 3.63) is 53.6 Å². The maximum Gasteiger partial charge on any atom is 0.191 e. The van der Waals surface area contributed by atoms with Crippen molar-refractivity contribution in [2.45, 2.75) is 46.7 Å². The summed E-state index contributed by atoms with van der Waals surface area (Å²) in [6.07, 6.45) is 6.24. The third kappa shape index (κ3) is 6.97. The molecule has 0 radical (unpaired) electrons. The summed E-state index contributed by atoms with van der Waals surface area (Å²) in [5, 5.41) is 6.83. The molecule has 0 fully saturated rings. The summed E-state index contributed by atoms with van der Waals surface area (Å²) in [6, 6.07) is 8.65. The van der Waals surface area contributed by atoms with E-state index in [0.717, 1.165) is 31.4 Å². The molecular formula is C20H32IN5. The zero-order chi connectivity index (χ0) is 18.1. The normalized spacial score (nSPS) is 11.3. The number of rotatable bonds is 8. The Labute approximate surface area is 174 Å². The maximum absolute atomic E-state index is 4.32. The number of aromatic nitrogens is 2. The first-order valence-corrected chi connectivity index (χ1v) is 9.16. The molecule has 1 heterocycles. The number of hydrogen-bond donors (Lipinski definition) is 2. The Bertz CT molecular complexity index is 676. The van der Waals surface area contributed by atoms with Gasteiger partial charge in [-0.3, -0.25) is 4.99 Å². The molecule has 0 atom stereocenters. The molecule has 0 aliphatic heterocycles. The van der Waals surface area contributed by atoms with Gasteiger partial charge < -0.3 is 15.2 Å². The summed E-state index contributed by atoms with van der Waals surface area (Å²) < 4.78 is 2.16. The molecule has 0 unspecified atom stereocenters. The van der Waals surface area contributed by atoms with E-state index in [1.54, 1.807) is 0 Å². The highest BCUT2D eigenvalue weighted by Gasteiger charge is 2.05. The molecule has 144 valence electrons. The standard InChI is InChI=1S/C20H31N5.HI/c1-5-17(6-2)13-23-20(21-4)24-14-18-8-7-9-19(12-18)15-25-11-10-22-16(25)3;/h7-12,17H,5-6,13-15H2,1-4H3,(H2,21,23,24);1H. The van der Waals surface area contributed by atoms with E-state index in [0.29, 0.717) is 5.92 Å². The van der Waals surface area contributed by atoms with Gasteiger partial charge in [0.1, 0.15) is 5.82 Å². The second-order valence-corrected chi connectivity index (χ2v) is 6.41. The molecule has 0 aliphatic rings. The summed E-state index contributed by atoms with van der Waals surface area (Å²) in [6.45, 7) is 9.08. The Balaban J connectivity index is 0.00000338. The minimum absolute atomic E-state index is 0. The van der Waals surface area contributed by atoms with Gasteiger partial charge in [-0.15, -0.1) is 24.0 Å². The number of imidazole rings is 1. The van der Waals surface area contributed by atoms with Crippen molar-refractivity contribution in [2.24, 2.45) is 10.9 Å². The van der Waals surface area contributed by atoms with Crippen LogP contribution in [0.1, 0.15) is 43.6 Å². The number of aryl methyl sites for hydroxylation is 1. The topological polar surface area (TPSA) is 54.2 Å². The molecule has 0 aliphatic carbocycles. The molecule has 2 N–H and O–H groups in total. The summed E-state index contributed by atoms with van der Waals surface area (Å²) in [5.41, 5.74) is 2.53. The third-order valence-corrected chi connectivity index (χ3v) is 4.66. The van der Waals surface area contributed by atoms with Gasteiger partial charge in [-0.25, -0.2) is 4.98 Å². The highest BCUT2D eigenvalue weighted by Crippen LogP contribution is 2.09. The fourth-order valence-corrected chi connectivity index (χ4v) is 2.83. The molecular weight excluding hydrogens is 437 g/mol. The smallest absolute Gasteiger partial charge is 0.191 e. The van der Waals surface area contributed by atoms with Gasteiger partial charge in [-0.1, -0.05) is 51.0 Å². The third-order valence-electron chi connectivity index (χ3n) is 4.66. The molecule has 0 saturated carbocycles. The largest absolute Gasteiger partial charge is 0.356 e. The highest BCUT2D eigenvalue weighted by atomic mass is 127. The number of nitrogens with zero attached hydrogens (tertiary/aromatic N) is 3.